The first-order valence-electron chi connectivity index (χ1n) is 11.7. The Morgan fingerprint density at radius 2 is 1.71 bits per heavy atom. The van der Waals surface area contributed by atoms with Crippen molar-refractivity contribution in [3.05, 3.63) is 106 Å². The summed E-state index contributed by atoms with van der Waals surface area (Å²) in [6.45, 7) is 4.10. The first-order valence-corrected chi connectivity index (χ1v) is 12.0. The standard InChI is InChI=1S/C29H26ClFN2O2/c1-29(2)16-23-27(25(34)17-29)28(20-7-3-4-8-21(20)31)33(24-10-6-5-9-22(24)32-23)26(35)15-18-11-13-19(30)14-12-18/h3-14,28,32H,15-17H2,1-2H3/t28-/m1/s1. The molecule has 3 aromatic rings. The molecule has 0 saturated carbocycles. The first-order chi connectivity index (χ1) is 16.7. The largest absolute Gasteiger partial charge is 0.357 e. The number of fused-ring (bicyclic) bond motifs is 1. The zero-order valence-electron chi connectivity index (χ0n) is 19.6. The van der Waals surface area contributed by atoms with Gasteiger partial charge in [0, 0.05) is 28.3 Å². The molecule has 1 atom stereocenters. The maximum absolute atomic E-state index is 15.3. The van der Waals surface area contributed by atoms with Crippen molar-refractivity contribution in [1.29, 1.82) is 0 Å². The number of para-hydroxylation sites is 2. The zero-order chi connectivity index (χ0) is 24.7. The lowest BCUT2D eigenvalue weighted by molar-refractivity contribution is -0.119. The Labute approximate surface area is 209 Å². The van der Waals surface area contributed by atoms with Crippen molar-refractivity contribution in [2.45, 2.75) is 39.2 Å². The lowest BCUT2D eigenvalue weighted by Crippen LogP contribution is -2.40. The van der Waals surface area contributed by atoms with Crippen LogP contribution in [0.1, 0.15) is 43.9 Å². The van der Waals surface area contributed by atoms with E-state index in [1.165, 1.54) is 6.07 Å². The fourth-order valence-corrected chi connectivity index (χ4v) is 5.24. The highest BCUT2D eigenvalue weighted by Crippen LogP contribution is 2.48. The van der Waals surface area contributed by atoms with E-state index in [1.54, 1.807) is 47.4 Å². The van der Waals surface area contributed by atoms with Crippen LogP contribution in [0.5, 0.6) is 0 Å². The molecule has 6 heteroatoms. The summed E-state index contributed by atoms with van der Waals surface area (Å²) < 4.78 is 15.3. The summed E-state index contributed by atoms with van der Waals surface area (Å²) in [4.78, 5) is 29.2. The van der Waals surface area contributed by atoms with Gasteiger partial charge in [-0.05, 0) is 47.7 Å². The number of ketones is 1. The topological polar surface area (TPSA) is 49.4 Å². The highest BCUT2D eigenvalue weighted by molar-refractivity contribution is 6.30. The fraction of sp³-hybridized carbons (Fsp3) is 0.241. The number of nitrogens with one attached hydrogen (secondary N) is 1. The Hall–Kier alpha value is -3.44. The van der Waals surface area contributed by atoms with Crippen LogP contribution in [-0.2, 0) is 16.0 Å². The summed E-state index contributed by atoms with van der Waals surface area (Å²) in [5.41, 5.74) is 3.36. The van der Waals surface area contributed by atoms with E-state index in [0.29, 0.717) is 40.4 Å². The molecule has 0 unspecified atom stereocenters. The Kier molecular flexibility index (Phi) is 5.97. The van der Waals surface area contributed by atoms with Crippen LogP contribution in [0.15, 0.2) is 84.1 Å². The molecule has 0 radical (unpaired) electrons. The average Bonchev–Trinajstić information content (AvgIpc) is 2.94. The number of hydrogen-bond donors (Lipinski definition) is 1. The summed E-state index contributed by atoms with van der Waals surface area (Å²) >= 11 is 6.03. The Balaban J connectivity index is 1.72. The molecule has 0 spiro atoms. The molecule has 1 aliphatic carbocycles. The van der Waals surface area contributed by atoms with Gasteiger partial charge in [-0.15, -0.1) is 0 Å². The van der Waals surface area contributed by atoms with E-state index >= 15 is 4.39 Å². The van der Waals surface area contributed by atoms with E-state index in [-0.39, 0.29) is 23.5 Å². The molecule has 0 saturated heterocycles. The number of benzene rings is 3. The van der Waals surface area contributed by atoms with Gasteiger partial charge in [-0.2, -0.15) is 0 Å². The molecule has 178 valence electrons. The normalized spacial score (nSPS) is 18.9. The van der Waals surface area contributed by atoms with Crippen molar-refractivity contribution in [3.8, 4) is 0 Å². The SMILES string of the molecule is CC1(C)CC(=O)C2=C(C1)Nc1ccccc1N(C(=O)Cc1ccc(Cl)cc1)[C@@H]2c1ccccc1F. The lowest BCUT2D eigenvalue weighted by Gasteiger charge is -2.37. The smallest absolute Gasteiger partial charge is 0.232 e. The summed E-state index contributed by atoms with van der Waals surface area (Å²) in [5.74, 6) is -0.763. The minimum Gasteiger partial charge on any atom is -0.357 e. The number of carbonyl (C=O) groups excluding carboxylic acids is 2. The lowest BCUT2D eigenvalue weighted by atomic mass is 9.73. The molecular formula is C29H26ClFN2O2. The second-order valence-corrected chi connectivity index (χ2v) is 10.4. The summed E-state index contributed by atoms with van der Waals surface area (Å²) in [7, 11) is 0. The van der Waals surface area contributed by atoms with Crippen LogP contribution < -0.4 is 10.2 Å². The minimum atomic E-state index is -0.884. The van der Waals surface area contributed by atoms with Crippen molar-refractivity contribution in [2.75, 3.05) is 10.2 Å². The molecule has 0 bridgehead atoms. The van der Waals surface area contributed by atoms with Gasteiger partial charge >= 0.3 is 0 Å². The van der Waals surface area contributed by atoms with Crippen LogP contribution in [0.2, 0.25) is 5.02 Å². The van der Waals surface area contributed by atoms with Gasteiger partial charge in [0.05, 0.1) is 23.8 Å². The minimum absolute atomic E-state index is 0.0749. The number of amides is 1. The van der Waals surface area contributed by atoms with Gasteiger partial charge in [0.25, 0.3) is 0 Å². The molecule has 1 amide bonds. The van der Waals surface area contributed by atoms with Crippen LogP contribution in [0, 0.1) is 11.2 Å². The molecule has 0 fully saturated rings. The summed E-state index contributed by atoms with van der Waals surface area (Å²) in [6.07, 6.45) is 1.03. The van der Waals surface area contributed by atoms with E-state index in [4.69, 9.17) is 11.6 Å². The maximum Gasteiger partial charge on any atom is 0.232 e. The van der Waals surface area contributed by atoms with Gasteiger partial charge in [-0.3, -0.25) is 14.5 Å². The number of Topliss-reactive ketones (excluding diaryl/α,β-unsaturated/α-hetero) is 1. The molecule has 2 aliphatic rings. The third-order valence-corrected chi connectivity index (χ3v) is 6.89. The molecule has 1 heterocycles. The summed E-state index contributed by atoms with van der Waals surface area (Å²) in [6, 6.07) is 20.0. The molecule has 3 aromatic carbocycles. The quantitative estimate of drug-likeness (QED) is 0.438. The Morgan fingerprint density at radius 1 is 1.03 bits per heavy atom. The number of nitrogens with zero attached hydrogens (tertiary/aromatic N) is 1. The van der Waals surface area contributed by atoms with Gasteiger partial charge in [-0.25, -0.2) is 4.39 Å². The predicted molar refractivity (Wildman–Crippen MR) is 137 cm³/mol. The number of rotatable bonds is 3. The van der Waals surface area contributed by atoms with Gasteiger partial charge in [0.1, 0.15) is 5.82 Å². The van der Waals surface area contributed by atoms with Crippen LogP contribution >= 0.6 is 11.6 Å². The van der Waals surface area contributed by atoms with Crippen molar-refractivity contribution in [3.63, 3.8) is 0 Å². The highest BCUT2D eigenvalue weighted by atomic mass is 35.5. The van der Waals surface area contributed by atoms with E-state index in [2.05, 4.69) is 19.2 Å². The maximum atomic E-state index is 15.3. The molecule has 35 heavy (non-hydrogen) atoms. The second kappa shape index (κ2) is 8.97. The average molecular weight is 489 g/mol. The van der Waals surface area contributed by atoms with Crippen LogP contribution in [0.25, 0.3) is 0 Å². The third-order valence-electron chi connectivity index (χ3n) is 6.64. The van der Waals surface area contributed by atoms with Gasteiger partial charge in [-0.1, -0.05) is 67.9 Å². The van der Waals surface area contributed by atoms with Crippen LogP contribution in [-0.4, -0.2) is 11.7 Å². The van der Waals surface area contributed by atoms with Crippen LogP contribution in [0.4, 0.5) is 15.8 Å². The molecular weight excluding hydrogens is 463 g/mol. The molecule has 1 N–H and O–H groups in total. The van der Waals surface area contributed by atoms with E-state index in [1.807, 2.05) is 24.3 Å². The van der Waals surface area contributed by atoms with Crippen molar-refractivity contribution < 1.29 is 14.0 Å². The molecule has 5 rings (SSSR count). The number of carbonyl (C=O) groups is 2. The molecule has 1 aliphatic heterocycles. The van der Waals surface area contributed by atoms with Crippen molar-refractivity contribution in [1.82, 2.24) is 0 Å². The van der Waals surface area contributed by atoms with Crippen molar-refractivity contribution in [2.24, 2.45) is 5.41 Å². The number of halogens is 2. The Morgan fingerprint density at radius 3 is 2.46 bits per heavy atom. The number of hydrogen-bond acceptors (Lipinski definition) is 3. The van der Waals surface area contributed by atoms with Crippen molar-refractivity contribution >= 4 is 34.7 Å². The molecule has 4 nitrogen and oxygen atoms in total. The van der Waals surface area contributed by atoms with Gasteiger partial charge < -0.3 is 5.32 Å². The summed E-state index contributed by atoms with van der Waals surface area (Å²) in [5, 5.41) is 4.03. The predicted octanol–water partition coefficient (Wildman–Crippen LogP) is 6.86. The highest BCUT2D eigenvalue weighted by Gasteiger charge is 2.43. The zero-order valence-corrected chi connectivity index (χ0v) is 20.4. The van der Waals surface area contributed by atoms with Gasteiger partial charge in [0.15, 0.2) is 5.78 Å². The second-order valence-electron chi connectivity index (χ2n) is 9.97. The van der Waals surface area contributed by atoms with E-state index in [0.717, 1.165) is 11.3 Å². The Bertz CT molecular complexity index is 1350. The fourth-order valence-electron chi connectivity index (χ4n) is 5.12. The van der Waals surface area contributed by atoms with E-state index in [9.17, 15) is 9.59 Å². The molecule has 0 aromatic heterocycles. The first kappa shape index (κ1) is 23.3. The number of anilines is 2. The van der Waals surface area contributed by atoms with Crippen LogP contribution in [0.3, 0.4) is 0 Å². The monoisotopic (exact) mass is 488 g/mol. The third kappa shape index (κ3) is 4.48. The van der Waals surface area contributed by atoms with E-state index < -0.39 is 11.9 Å². The number of allylic oxidation sites excluding steroid dienone is 1. The van der Waals surface area contributed by atoms with Gasteiger partial charge in [0.2, 0.25) is 5.91 Å².